The van der Waals surface area contributed by atoms with Crippen molar-refractivity contribution in [1.29, 1.82) is 0 Å². The van der Waals surface area contributed by atoms with Gasteiger partial charge in [-0.2, -0.15) is 0 Å². The molecule has 0 aliphatic heterocycles. The number of anilines is 1. The van der Waals surface area contributed by atoms with Crippen molar-refractivity contribution in [3.05, 3.63) is 59.7 Å². The highest BCUT2D eigenvalue weighted by molar-refractivity contribution is 7.90. The molecule has 1 N–H and O–H groups in total. The van der Waals surface area contributed by atoms with Crippen molar-refractivity contribution < 1.29 is 13.2 Å². The second-order valence-corrected chi connectivity index (χ2v) is 6.82. The fraction of sp³-hybridized carbons (Fsp3) is 0.188. The van der Waals surface area contributed by atoms with Crippen LogP contribution in [0.25, 0.3) is 0 Å². The van der Waals surface area contributed by atoms with E-state index >= 15 is 0 Å². The second kappa shape index (κ2) is 6.10. The molecule has 1 amide bonds. The van der Waals surface area contributed by atoms with Crippen molar-refractivity contribution >= 4 is 21.4 Å². The molecule has 0 bridgehead atoms. The number of sulfone groups is 1. The molecule has 0 saturated heterocycles. The van der Waals surface area contributed by atoms with E-state index in [0.717, 1.165) is 18.2 Å². The molecule has 2 aromatic rings. The van der Waals surface area contributed by atoms with Gasteiger partial charge >= 0.3 is 0 Å². The van der Waals surface area contributed by atoms with Gasteiger partial charge in [-0.15, -0.1) is 0 Å². The average Bonchev–Trinajstić information content (AvgIpc) is 2.46. The monoisotopic (exact) mass is 303 g/mol. The molecule has 0 aliphatic rings. The first kappa shape index (κ1) is 15.3. The predicted octanol–water partition coefficient (Wildman–Crippen LogP) is 2.90. The molecular formula is C16H17NO3S. The number of nitrogens with one attached hydrogen (secondary N) is 1. The quantitative estimate of drug-likeness (QED) is 0.944. The average molecular weight is 303 g/mol. The summed E-state index contributed by atoms with van der Waals surface area (Å²) in [5, 5.41) is 2.78. The molecule has 0 saturated carbocycles. The molecule has 0 heterocycles. The summed E-state index contributed by atoms with van der Waals surface area (Å²) in [7, 11) is -3.32. The van der Waals surface area contributed by atoms with Crippen molar-refractivity contribution in [3.63, 3.8) is 0 Å². The van der Waals surface area contributed by atoms with Crippen molar-refractivity contribution in [1.82, 2.24) is 0 Å². The van der Waals surface area contributed by atoms with Crippen LogP contribution in [0.3, 0.4) is 0 Å². The molecule has 0 spiro atoms. The van der Waals surface area contributed by atoms with Gasteiger partial charge in [-0.05, 0) is 42.3 Å². The van der Waals surface area contributed by atoms with Crippen LogP contribution in [0, 0.1) is 0 Å². The Kier molecular flexibility index (Phi) is 4.43. The molecule has 0 unspecified atom stereocenters. The number of hydrogen-bond donors (Lipinski definition) is 1. The van der Waals surface area contributed by atoms with Gasteiger partial charge in [0, 0.05) is 17.5 Å². The third kappa shape index (κ3) is 3.92. The van der Waals surface area contributed by atoms with Gasteiger partial charge < -0.3 is 5.32 Å². The Hall–Kier alpha value is -2.14. The molecule has 0 radical (unpaired) electrons. The van der Waals surface area contributed by atoms with Gasteiger partial charge in [0.25, 0.3) is 5.91 Å². The number of hydrogen-bond acceptors (Lipinski definition) is 3. The number of carbonyl (C=O) groups excluding carboxylic acids is 1. The van der Waals surface area contributed by atoms with Crippen LogP contribution in [0.4, 0.5) is 5.69 Å². The lowest BCUT2D eigenvalue weighted by Crippen LogP contribution is -2.12. The molecular weight excluding hydrogens is 286 g/mol. The zero-order valence-electron chi connectivity index (χ0n) is 12.0. The van der Waals surface area contributed by atoms with E-state index in [2.05, 4.69) is 5.32 Å². The first-order chi connectivity index (χ1) is 9.90. The Labute approximate surface area is 124 Å². The summed E-state index contributed by atoms with van der Waals surface area (Å²) in [6.07, 6.45) is 2.00. The Morgan fingerprint density at radius 1 is 1.10 bits per heavy atom. The zero-order valence-corrected chi connectivity index (χ0v) is 12.8. The lowest BCUT2D eigenvalue weighted by atomic mass is 10.1. The Bertz CT molecular complexity index is 767. The van der Waals surface area contributed by atoms with Crippen LogP contribution >= 0.6 is 0 Å². The molecule has 0 aliphatic carbocycles. The van der Waals surface area contributed by atoms with Crippen LogP contribution < -0.4 is 5.32 Å². The maximum Gasteiger partial charge on any atom is 0.255 e. The Balaban J connectivity index is 2.24. The minimum Gasteiger partial charge on any atom is -0.322 e. The summed E-state index contributed by atoms with van der Waals surface area (Å²) in [5.74, 6) is -0.325. The minimum atomic E-state index is -3.32. The smallest absolute Gasteiger partial charge is 0.255 e. The van der Waals surface area contributed by atoms with E-state index in [-0.39, 0.29) is 10.8 Å². The van der Waals surface area contributed by atoms with Crippen LogP contribution in [0.2, 0.25) is 0 Å². The van der Waals surface area contributed by atoms with Crippen LogP contribution in [-0.2, 0) is 16.3 Å². The SMILES string of the molecule is CCc1cccc(NC(=O)c2cccc(S(C)(=O)=O)c2)c1. The van der Waals surface area contributed by atoms with Gasteiger partial charge in [0.15, 0.2) is 9.84 Å². The molecule has 4 nitrogen and oxygen atoms in total. The normalized spacial score (nSPS) is 11.1. The highest BCUT2D eigenvalue weighted by Gasteiger charge is 2.11. The van der Waals surface area contributed by atoms with Crippen molar-refractivity contribution in [3.8, 4) is 0 Å². The van der Waals surface area contributed by atoms with Gasteiger partial charge in [0.05, 0.1) is 4.90 Å². The van der Waals surface area contributed by atoms with Crippen molar-refractivity contribution in [2.45, 2.75) is 18.2 Å². The topological polar surface area (TPSA) is 63.2 Å². The highest BCUT2D eigenvalue weighted by atomic mass is 32.2. The number of carbonyl (C=O) groups is 1. The maximum absolute atomic E-state index is 12.2. The van der Waals surface area contributed by atoms with Crippen LogP contribution in [-0.4, -0.2) is 20.6 Å². The lowest BCUT2D eigenvalue weighted by molar-refractivity contribution is 0.102. The fourth-order valence-electron chi connectivity index (χ4n) is 1.94. The first-order valence-corrected chi connectivity index (χ1v) is 8.49. The number of aryl methyl sites for hydroxylation is 1. The molecule has 0 fully saturated rings. The van der Waals surface area contributed by atoms with E-state index in [1.165, 1.54) is 12.1 Å². The van der Waals surface area contributed by atoms with E-state index in [4.69, 9.17) is 0 Å². The molecule has 0 atom stereocenters. The lowest BCUT2D eigenvalue weighted by Gasteiger charge is -2.07. The summed E-state index contributed by atoms with van der Waals surface area (Å²) in [4.78, 5) is 12.3. The third-order valence-corrected chi connectivity index (χ3v) is 4.23. The summed E-state index contributed by atoms with van der Waals surface area (Å²) >= 11 is 0. The maximum atomic E-state index is 12.2. The summed E-state index contributed by atoms with van der Waals surface area (Å²) < 4.78 is 23.0. The predicted molar refractivity (Wildman–Crippen MR) is 83.3 cm³/mol. The van der Waals surface area contributed by atoms with E-state index in [9.17, 15) is 13.2 Å². The first-order valence-electron chi connectivity index (χ1n) is 6.60. The standard InChI is InChI=1S/C16H17NO3S/c1-3-12-6-4-8-14(10-12)17-16(18)13-7-5-9-15(11-13)21(2,19)20/h4-11H,3H2,1-2H3,(H,17,18). The van der Waals surface area contributed by atoms with Gasteiger partial charge in [-0.1, -0.05) is 25.1 Å². The molecule has 110 valence electrons. The van der Waals surface area contributed by atoms with Crippen molar-refractivity contribution in [2.24, 2.45) is 0 Å². The molecule has 2 aromatic carbocycles. The van der Waals surface area contributed by atoms with Gasteiger partial charge in [0.2, 0.25) is 0 Å². The number of amides is 1. The fourth-order valence-corrected chi connectivity index (χ4v) is 2.61. The largest absolute Gasteiger partial charge is 0.322 e. The van der Waals surface area contributed by atoms with E-state index < -0.39 is 9.84 Å². The van der Waals surface area contributed by atoms with Crippen LogP contribution in [0.15, 0.2) is 53.4 Å². The van der Waals surface area contributed by atoms with E-state index in [1.54, 1.807) is 18.2 Å². The highest BCUT2D eigenvalue weighted by Crippen LogP contribution is 2.15. The van der Waals surface area contributed by atoms with Crippen LogP contribution in [0.1, 0.15) is 22.8 Å². The third-order valence-electron chi connectivity index (χ3n) is 3.12. The van der Waals surface area contributed by atoms with E-state index in [1.807, 2.05) is 25.1 Å². The van der Waals surface area contributed by atoms with Crippen LogP contribution in [0.5, 0.6) is 0 Å². The Morgan fingerprint density at radius 3 is 2.48 bits per heavy atom. The van der Waals surface area contributed by atoms with E-state index in [0.29, 0.717) is 11.3 Å². The zero-order chi connectivity index (χ0) is 15.5. The number of benzene rings is 2. The molecule has 2 rings (SSSR count). The molecule has 5 heteroatoms. The summed E-state index contributed by atoms with van der Waals surface area (Å²) in [6.45, 7) is 2.04. The molecule has 0 aromatic heterocycles. The van der Waals surface area contributed by atoms with Gasteiger partial charge in [-0.3, -0.25) is 4.79 Å². The summed E-state index contributed by atoms with van der Waals surface area (Å²) in [6, 6.07) is 13.6. The van der Waals surface area contributed by atoms with Crippen molar-refractivity contribution in [2.75, 3.05) is 11.6 Å². The second-order valence-electron chi connectivity index (χ2n) is 4.81. The minimum absolute atomic E-state index is 0.137. The summed E-state index contributed by atoms with van der Waals surface area (Å²) in [5.41, 5.74) is 2.14. The van der Waals surface area contributed by atoms with Gasteiger partial charge in [-0.25, -0.2) is 8.42 Å². The molecule has 21 heavy (non-hydrogen) atoms. The Morgan fingerprint density at radius 2 is 1.81 bits per heavy atom. The number of rotatable bonds is 4. The van der Waals surface area contributed by atoms with Gasteiger partial charge in [0.1, 0.15) is 0 Å².